The van der Waals surface area contributed by atoms with Gasteiger partial charge in [-0.15, -0.1) is 0 Å². The lowest BCUT2D eigenvalue weighted by Gasteiger charge is -2.01. The maximum atomic E-state index is 5.75. The predicted molar refractivity (Wildman–Crippen MR) is 53.5 cm³/mol. The van der Waals surface area contributed by atoms with Gasteiger partial charge in [0.15, 0.2) is 0 Å². The molecule has 0 aromatic carbocycles. The van der Waals surface area contributed by atoms with Gasteiger partial charge in [0.2, 0.25) is 0 Å². The fraction of sp³-hybridized carbons (Fsp3) is 0.333. The van der Waals surface area contributed by atoms with Gasteiger partial charge in [0.05, 0.1) is 0 Å². The standard InChI is InChI=1S/C12H12O/c1-3-7-11-9(5-1)10-6-2-4-8-12(10)13-11/h3,6-8H,1-2,4-5H2. The van der Waals surface area contributed by atoms with E-state index in [-0.39, 0.29) is 0 Å². The second-order valence-corrected chi connectivity index (χ2v) is 3.65. The second-order valence-electron chi connectivity index (χ2n) is 3.65. The average Bonchev–Trinajstić information content (AvgIpc) is 2.56. The van der Waals surface area contributed by atoms with E-state index in [1.54, 1.807) is 0 Å². The highest BCUT2D eigenvalue weighted by molar-refractivity contribution is 5.53. The molecule has 1 aromatic heterocycles. The predicted octanol–water partition coefficient (Wildman–Crippen LogP) is 1.59. The van der Waals surface area contributed by atoms with E-state index in [1.165, 1.54) is 17.2 Å². The minimum absolute atomic E-state index is 1.09. The molecule has 0 spiro atoms. The minimum atomic E-state index is 1.09. The van der Waals surface area contributed by atoms with E-state index < -0.39 is 0 Å². The van der Waals surface area contributed by atoms with Crippen LogP contribution >= 0.6 is 0 Å². The number of fused-ring (bicyclic) bond motifs is 3. The maximum absolute atomic E-state index is 5.75. The fourth-order valence-electron chi connectivity index (χ4n) is 2.14. The molecular formula is C12H12O. The normalized spacial score (nSPS) is 18.5. The Labute approximate surface area is 77.1 Å². The summed E-state index contributed by atoms with van der Waals surface area (Å²) in [5.74, 6) is 1.09. The summed E-state index contributed by atoms with van der Waals surface area (Å²) in [6, 6.07) is 0. The summed E-state index contributed by atoms with van der Waals surface area (Å²) >= 11 is 0. The number of hydrogen-bond acceptors (Lipinski definition) is 1. The molecule has 66 valence electrons. The Morgan fingerprint density at radius 3 is 3.00 bits per heavy atom. The molecule has 0 saturated heterocycles. The molecule has 2 aliphatic rings. The summed E-state index contributed by atoms with van der Waals surface area (Å²) in [5.41, 5.74) is 2.52. The van der Waals surface area contributed by atoms with Crippen molar-refractivity contribution in [1.82, 2.24) is 0 Å². The van der Waals surface area contributed by atoms with Crippen molar-refractivity contribution in [2.24, 2.45) is 0 Å². The molecule has 2 aliphatic carbocycles. The molecule has 0 unspecified atom stereocenters. The van der Waals surface area contributed by atoms with Crippen LogP contribution in [-0.2, 0) is 6.42 Å². The van der Waals surface area contributed by atoms with Crippen LogP contribution in [0.15, 0.2) is 10.5 Å². The van der Waals surface area contributed by atoms with Crippen LogP contribution in [0, 0.1) is 0 Å². The zero-order valence-electron chi connectivity index (χ0n) is 7.55. The molecule has 0 atom stereocenters. The second kappa shape index (κ2) is 2.63. The van der Waals surface area contributed by atoms with Crippen LogP contribution in [-0.4, -0.2) is 0 Å². The van der Waals surface area contributed by atoms with Crippen LogP contribution in [0.2, 0.25) is 0 Å². The number of rotatable bonds is 0. The molecule has 0 aliphatic heterocycles. The van der Waals surface area contributed by atoms with Gasteiger partial charge < -0.3 is 4.42 Å². The molecule has 0 radical (unpaired) electrons. The molecular weight excluding hydrogens is 160 g/mol. The third kappa shape index (κ3) is 0.998. The Morgan fingerprint density at radius 1 is 1.08 bits per heavy atom. The largest absolute Gasteiger partial charge is 0.457 e. The first-order valence-electron chi connectivity index (χ1n) is 4.94. The van der Waals surface area contributed by atoms with Crippen LogP contribution in [0.5, 0.6) is 0 Å². The first-order chi connectivity index (χ1) is 6.45. The Balaban J connectivity index is 2.40. The molecule has 1 aromatic rings. The Kier molecular flexibility index (Phi) is 1.45. The highest BCUT2D eigenvalue weighted by Gasteiger charge is 2.12. The van der Waals surface area contributed by atoms with E-state index in [9.17, 15) is 0 Å². The Bertz CT molecular complexity index is 474. The van der Waals surface area contributed by atoms with Gasteiger partial charge in [-0.2, -0.15) is 0 Å². The Morgan fingerprint density at radius 2 is 2.00 bits per heavy atom. The molecule has 0 saturated carbocycles. The lowest BCUT2D eigenvalue weighted by molar-refractivity contribution is 0.515. The van der Waals surface area contributed by atoms with E-state index >= 15 is 0 Å². The van der Waals surface area contributed by atoms with Crippen LogP contribution in [0.3, 0.4) is 0 Å². The SMILES string of the molecule is C1=Cc2oc3c(c2CC1)=CCCC=3. The summed E-state index contributed by atoms with van der Waals surface area (Å²) in [6.45, 7) is 0. The fourth-order valence-corrected chi connectivity index (χ4v) is 2.14. The lowest BCUT2D eigenvalue weighted by Crippen LogP contribution is -2.25. The van der Waals surface area contributed by atoms with Crippen molar-refractivity contribution >= 4 is 18.2 Å². The van der Waals surface area contributed by atoms with Gasteiger partial charge in [0.25, 0.3) is 0 Å². The van der Waals surface area contributed by atoms with E-state index in [1.807, 2.05) is 0 Å². The topological polar surface area (TPSA) is 13.1 Å². The van der Waals surface area contributed by atoms with E-state index in [2.05, 4.69) is 24.3 Å². The highest BCUT2D eigenvalue weighted by Crippen LogP contribution is 2.15. The summed E-state index contributed by atoms with van der Waals surface area (Å²) in [5, 5.41) is 1.37. The molecule has 1 heterocycles. The lowest BCUT2D eigenvalue weighted by atomic mass is 10.0. The van der Waals surface area contributed by atoms with Crippen molar-refractivity contribution in [1.29, 1.82) is 0 Å². The van der Waals surface area contributed by atoms with Crippen LogP contribution in [0.25, 0.3) is 18.2 Å². The Hall–Kier alpha value is -1.24. The van der Waals surface area contributed by atoms with Gasteiger partial charge in [-0.3, -0.25) is 0 Å². The molecule has 1 nitrogen and oxygen atoms in total. The quantitative estimate of drug-likeness (QED) is 0.579. The maximum Gasteiger partial charge on any atom is 0.131 e. The molecule has 3 rings (SSSR count). The zero-order valence-corrected chi connectivity index (χ0v) is 7.55. The third-order valence-corrected chi connectivity index (χ3v) is 2.78. The monoisotopic (exact) mass is 172 g/mol. The zero-order chi connectivity index (χ0) is 8.67. The van der Waals surface area contributed by atoms with Crippen molar-refractivity contribution in [3.05, 3.63) is 28.0 Å². The van der Waals surface area contributed by atoms with Crippen molar-refractivity contribution in [3.63, 3.8) is 0 Å². The molecule has 1 heteroatoms. The van der Waals surface area contributed by atoms with E-state index in [0.29, 0.717) is 0 Å². The number of furan rings is 1. The smallest absolute Gasteiger partial charge is 0.131 e. The van der Waals surface area contributed by atoms with E-state index in [0.717, 1.165) is 30.4 Å². The van der Waals surface area contributed by atoms with Gasteiger partial charge >= 0.3 is 0 Å². The molecule has 13 heavy (non-hydrogen) atoms. The minimum Gasteiger partial charge on any atom is -0.457 e. The van der Waals surface area contributed by atoms with E-state index in [4.69, 9.17) is 4.42 Å². The van der Waals surface area contributed by atoms with Gasteiger partial charge in [-0.25, -0.2) is 0 Å². The van der Waals surface area contributed by atoms with Gasteiger partial charge in [-0.1, -0.05) is 12.2 Å². The highest BCUT2D eigenvalue weighted by atomic mass is 16.3. The summed E-state index contributed by atoms with van der Waals surface area (Å²) in [4.78, 5) is 0. The van der Waals surface area contributed by atoms with Gasteiger partial charge in [-0.05, 0) is 37.8 Å². The number of hydrogen-bond donors (Lipinski definition) is 0. The summed E-state index contributed by atoms with van der Waals surface area (Å²) < 4.78 is 5.75. The van der Waals surface area contributed by atoms with Crippen LogP contribution in [0.4, 0.5) is 0 Å². The van der Waals surface area contributed by atoms with Crippen molar-refractivity contribution in [2.75, 3.05) is 0 Å². The van der Waals surface area contributed by atoms with Crippen molar-refractivity contribution in [2.45, 2.75) is 25.7 Å². The van der Waals surface area contributed by atoms with Crippen LogP contribution < -0.4 is 10.6 Å². The third-order valence-electron chi connectivity index (χ3n) is 2.78. The summed E-state index contributed by atoms with van der Waals surface area (Å²) in [7, 11) is 0. The first-order valence-corrected chi connectivity index (χ1v) is 4.94. The molecule has 0 amide bonds. The average molecular weight is 172 g/mol. The van der Waals surface area contributed by atoms with Crippen molar-refractivity contribution in [3.8, 4) is 0 Å². The van der Waals surface area contributed by atoms with Crippen molar-refractivity contribution < 1.29 is 4.42 Å². The van der Waals surface area contributed by atoms with Crippen LogP contribution in [0.1, 0.15) is 30.6 Å². The molecule has 0 bridgehead atoms. The summed E-state index contributed by atoms with van der Waals surface area (Å²) in [6.07, 6.45) is 13.4. The molecule has 0 N–H and O–H groups in total. The number of allylic oxidation sites excluding steroid dienone is 1. The van der Waals surface area contributed by atoms with Gasteiger partial charge in [0.1, 0.15) is 11.2 Å². The van der Waals surface area contributed by atoms with Gasteiger partial charge in [0, 0.05) is 10.8 Å². The molecule has 0 fully saturated rings. The first kappa shape index (κ1) is 7.19.